The number of fused-ring (bicyclic) bond motifs is 4. The van der Waals surface area contributed by atoms with Crippen LogP contribution in [-0.2, 0) is 4.74 Å². The van der Waals surface area contributed by atoms with Gasteiger partial charge >= 0.3 is 6.09 Å². The third kappa shape index (κ3) is 3.78. The Morgan fingerprint density at radius 2 is 1.95 bits per heavy atom. The van der Waals surface area contributed by atoms with Gasteiger partial charge in [-0.1, -0.05) is 13.8 Å². The van der Waals surface area contributed by atoms with Gasteiger partial charge in [0.2, 0.25) is 0 Å². The Balaban J connectivity index is 0.00000294. The second kappa shape index (κ2) is 8.32. The van der Waals surface area contributed by atoms with E-state index in [0.717, 1.165) is 30.6 Å². The Morgan fingerprint density at radius 3 is 2.59 bits per heavy atom. The highest BCUT2D eigenvalue weighted by Gasteiger charge is 2.49. The lowest BCUT2D eigenvalue weighted by Gasteiger charge is -2.33. The predicted molar refractivity (Wildman–Crippen MR) is 151 cm³/mol. The maximum atomic E-state index is 12.8. The number of rotatable bonds is 3. The number of carbonyl (C=O) groups is 1. The van der Waals surface area contributed by atoms with Gasteiger partial charge in [0.1, 0.15) is 16.8 Å². The number of hydrogen-bond donors (Lipinski definition) is 1. The van der Waals surface area contributed by atoms with Gasteiger partial charge in [0.25, 0.3) is 0 Å². The molecule has 1 aliphatic carbocycles. The number of likely N-dealkylation sites (tertiary alicyclic amines) is 1. The molecule has 0 aromatic carbocycles. The molecule has 2 aliphatic rings. The molecule has 2 bridgehead atoms. The molecule has 3 atom stereocenters. The highest BCUT2D eigenvalue weighted by atomic mass is 32.1. The van der Waals surface area contributed by atoms with Crippen LogP contribution in [-0.4, -0.2) is 48.8 Å². The van der Waals surface area contributed by atoms with Crippen molar-refractivity contribution in [2.75, 3.05) is 6.54 Å². The highest BCUT2D eigenvalue weighted by molar-refractivity contribution is 7.19. The van der Waals surface area contributed by atoms with E-state index < -0.39 is 5.60 Å². The van der Waals surface area contributed by atoms with E-state index in [1.54, 1.807) is 6.33 Å². The van der Waals surface area contributed by atoms with Crippen LogP contribution in [0.25, 0.3) is 27.1 Å². The number of hydrogen-bond acceptors (Lipinski definition) is 5. The molecule has 0 spiro atoms. The summed E-state index contributed by atoms with van der Waals surface area (Å²) in [4.78, 5) is 25.8. The van der Waals surface area contributed by atoms with Crippen molar-refractivity contribution >= 4 is 33.3 Å². The van der Waals surface area contributed by atoms with Gasteiger partial charge in [0.05, 0.1) is 5.69 Å². The molecule has 4 aromatic rings. The summed E-state index contributed by atoms with van der Waals surface area (Å²) in [6, 6.07) is 0.282. The van der Waals surface area contributed by atoms with Crippen LogP contribution < -0.4 is 0 Å². The summed E-state index contributed by atoms with van der Waals surface area (Å²) < 4.78 is 7.58. The molecule has 2 unspecified atom stereocenters. The average molecular weight is 522 g/mol. The summed E-state index contributed by atoms with van der Waals surface area (Å²) in [6.07, 6.45) is 5.68. The van der Waals surface area contributed by atoms with Crippen LogP contribution in [0, 0.1) is 26.7 Å². The number of amides is 1. The van der Waals surface area contributed by atoms with E-state index in [2.05, 4.69) is 55.9 Å². The van der Waals surface area contributed by atoms with Crippen molar-refractivity contribution in [2.24, 2.45) is 5.92 Å². The third-order valence-electron chi connectivity index (χ3n) is 8.44. The number of carbonyl (C=O) groups excluding carboxylic acids is 1. The van der Waals surface area contributed by atoms with Crippen molar-refractivity contribution < 1.29 is 11.0 Å². The first kappa shape index (κ1) is 24.5. The Bertz CT molecular complexity index is 1540. The molecule has 1 saturated carbocycles. The van der Waals surface area contributed by atoms with Crippen LogP contribution in [0.2, 0.25) is 0 Å². The minimum atomic E-state index is -0.457. The quantitative estimate of drug-likeness (QED) is 0.306. The number of aromatic nitrogens is 4. The summed E-state index contributed by atoms with van der Waals surface area (Å²) in [6.45, 7) is 17.8. The Morgan fingerprint density at radius 1 is 1.19 bits per heavy atom. The van der Waals surface area contributed by atoms with E-state index >= 15 is 0 Å². The third-order valence-corrected chi connectivity index (χ3v) is 9.78. The smallest absolute Gasteiger partial charge is 0.410 e. The SMILES string of the molecule is Cc1c(-c2[nH]c3sc([C@@H]4CC5CC4CN5C(=O)OC(C)(C)C)c(C)c3c2C(C)C)cn2ncnc2c1C.[HH]. The lowest BCUT2D eigenvalue weighted by Crippen LogP contribution is -2.42. The van der Waals surface area contributed by atoms with Crippen LogP contribution in [0.4, 0.5) is 4.79 Å². The standard InChI is InChI=1S/C29H37N5O2S.H2/c1-14(2)22-23-17(5)25(20-10-19-9-18(20)11-33(19)28(35)36-29(6,7)8)37-27(23)32-24(22)21-12-34-26(30-13-31-34)16(4)15(21)3;/h12-14,18-20,32H,9-11H2,1-8H3;1H/t18?,19?,20-;/m1./s1. The zero-order valence-electron chi connectivity index (χ0n) is 23.1. The maximum absolute atomic E-state index is 12.8. The fourth-order valence-electron chi connectivity index (χ4n) is 6.67. The molecule has 1 N–H and O–H groups in total. The molecule has 1 amide bonds. The molecule has 4 aromatic heterocycles. The molecule has 1 aliphatic heterocycles. The highest BCUT2D eigenvalue weighted by Crippen LogP contribution is 2.53. The molecule has 37 heavy (non-hydrogen) atoms. The summed E-state index contributed by atoms with van der Waals surface area (Å²) in [5, 5.41) is 5.81. The number of pyridine rings is 1. The van der Waals surface area contributed by atoms with Gasteiger partial charge in [-0.15, -0.1) is 11.3 Å². The summed E-state index contributed by atoms with van der Waals surface area (Å²) in [5.74, 6) is 1.38. The number of aryl methyl sites for hydroxylation is 2. The fourth-order valence-corrected chi connectivity index (χ4v) is 8.10. The van der Waals surface area contributed by atoms with Crippen LogP contribution in [0.15, 0.2) is 12.5 Å². The van der Waals surface area contributed by atoms with Crippen LogP contribution >= 0.6 is 11.3 Å². The predicted octanol–water partition coefficient (Wildman–Crippen LogP) is 7.35. The lowest BCUT2D eigenvalue weighted by atomic mass is 9.88. The molecular weight excluding hydrogens is 482 g/mol. The molecule has 8 heteroatoms. The molecule has 2 fully saturated rings. The van der Waals surface area contributed by atoms with E-state index in [1.165, 1.54) is 43.0 Å². The first-order chi connectivity index (χ1) is 17.4. The lowest BCUT2D eigenvalue weighted by molar-refractivity contribution is 0.0181. The van der Waals surface area contributed by atoms with E-state index in [9.17, 15) is 4.79 Å². The number of aromatic amines is 1. The minimum absolute atomic E-state index is 0. The zero-order valence-corrected chi connectivity index (χ0v) is 23.9. The number of thiophene rings is 1. The molecule has 7 nitrogen and oxygen atoms in total. The molecule has 198 valence electrons. The monoisotopic (exact) mass is 521 g/mol. The largest absolute Gasteiger partial charge is 0.444 e. The van der Waals surface area contributed by atoms with Crippen LogP contribution in [0.3, 0.4) is 0 Å². The minimum Gasteiger partial charge on any atom is -0.444 e. The Kier molecular flexibility index (Phi) is 5.50. The topological polar surface area (TPSA) is 75.5 Å². The second-order valence-electron chi connectivity index (χ2n) is 12.3. The van der Waals surface area contributed by atoms with Crippen LogP contribution in [0.5, 0.6) is 0 Å². The Hall–Kier alpha value is -2.87. The molecule has 5 heterocycles. The average Bonchev–Trinajstić information content (AvgIpc) is 3.61. The van der Waals surface area contributed by atoms with Gasteiger partial charge < -0.3 is 14.6 Å². The summed E-state index contributed by atoms with van der Waals surface area (Å²) >= 11 is 1.92. The fraction of sp³-hybridized carbons (Fsp3) is 0.552. The van der Waals surface area contributed by atoms with Gasteiger partial charge in [-0.2, -0.15) is 5.10 Å². The number of nitrogens with zero attached hydrogens (tertiary/aromatic N) is 4. The van der Waals surface area contributed by atoms with Crippen molar-refractivity contribution in [2.45, 2.75) is 91.7 Å². The first-order valence-electron chi connectivity index (χ1n) is 13.4. The van der Waals surface area contributed by atoms with Crippen molar-refractivity contribution in [3.8, 4) is 11.3 Å². The van der Waals surface area contributed by atoms with Crippen LogP contribution in [0.1, 0.15) is 87.9 Å². The van der Waals surface area contributed by atoms with E-state index in [1.807, 2.05) is 41.5 Å². The normalized spacial score (nSPS) is 21.8. The van der Waals surface area contributed by atoms with Gasteiger partial charge in [0, 0.05) is 42.0 Å². The van der Waals surface area contributed by atoms with Crippen molar-refractivity contribution in [3.05, 3.63) is 39.7 Å². The second-order valence-corrected chi connectivity index (χ2v) is 13.4. The number of H-pyrrole nitrogens is 1. The zero-order chi connectivity index (χ0) is 26.4. The maximum Gasteiger partial charge on any atom is 0.410 e. The van der Waals surface area contributed by atoms with Crippen molar-refractivity contribution in [3.63, 3.8) is 0 Å². The van der Waals surface area contributed by atoms with E-state index in [0.29, 0.717) is 17.8 Å². The van der Waals surface area contributed by atoms with Gasteiger partial charge in [0.15, 0.2) is 5.65 Å². The molecule has 0 radical (unpaired) electrons. The van der Waals surface area contributed by atoms with Gasteiger partial charge in [-0.25, -0.2) is 14.3 Å². The molecule has 1 saturated heterocycles. The van der Waals surface area contributed by atoms with Gasteiger partial charge in [-0.3, -0.25) is 0 Å². The number of piperidine rings is 1. The van der Waals surface area contributed by atoms with Crippen molar-refractivity contribution in [1.29, 1.82) is 0 Å². The number of ether oxygens (including phenoxy) is 1. The van der Waals surface area contributed by atoms with E-state index in [-0.39, 0.29) is 13.6 Å². The van der Waals surface area contributed by atoms with E-state index in [4.69, 9.17) is 4.74 Å². The summed E-state index contributed by atoms with van der Waals surface area (Å²) in [7, 11) is 0. The molecular formula is C29H39N5O2S. The Labute approximate surface area is 223 Å². The number of nitrogens with one attached hydrogen (secondary N) is 1. The molecule has 6 rings (SSSR count). The van der Waals surface area contributed by atoms with Gasteiger partial charge in [-0.05, 0) is 88.5 Å². The first-order valence-corrected chi connectivity index (χ1v) is 14.2. The summed E-state index contributed by atoms with van der Waals surface area (Å²) in [5.41, 5.74) is 8.04. The van der Waals surface area contributed by atoms with Crippen molar-refractivity contribution in [1.82, 2.24) is 24.5 Å².